The van der Waals surface area contributed by atoms with Crippen LogP contribution in [0, 0.1) is 0 Å². The quantitative estimate of drug-likeness (QED) is 0.639. The van der Waals surface area contributed by atoms with Gasteiger partial charge in [0.15, 0.2) is 11.5 Å². The molecule has 4 heteroatoms. The summed E-state index contributed by atoms with van der Waals surface area (Å²) in [7, 11) is 0. The van der Waals surface area contributed by atoms with Crippen LogP contribution in [-0.2, 0) is 0 Å². The maximum atomic E-state index is 5.74. The molecule has 108 valence electrons. The van der Waals surface area contributed by atoms with E-state index in [1.807, 2.05) is 18.2 Å². The monoisotopic (exact) mass is 266 g/mol. The minimum Gasteiger partial charge on any atom is -0.490 e. The second kappa shape index (κ2) is 9.50. The van der Waals surface area contributed by atoms with Crippen LogP contribution in [0.1, 0.15) is 33.1 Å². The average molecular weight is 266 g/mol. The standard InChI is InChI=1S/C15H26N2O2/c1-3-10-18-14-7-6-13(17-9-5-8-16)12-15(14)19-11-4-2/h6-7,12,17H,3-5,8-11,16H2,1-2H3. The number of ether oxygens (including phenoxy) is 2. The molecule has 1 rings (SSSR count). The van der Waals surface area contributed by atoms with Crippen molar-refractivity contribution in [1.82, 2.24) is 0 Å². The average Bonchev–Trinajstić information content (AvgIpc) is 2.44. The molecule has 19 heavy (non-hydrogen) atoms. The number of benzene rings is 1. The molecule has 3 N–H and O–H groups in total. The molecule has 0 unspecified atom stereocenters. The molecule has 0 radical (unpaired) electrons. The Morgan fingerprint density at radius 2 is 1.74 bits per heavy atom. The van der Waals surface area contributed by atoms with E-state index >= 15 is 0 Å². The van der Waals surface area contributed by atoms with Crippen molar-refractivity contribution in [3.05, 3.63) is 18.2 Å². The third kappa shape index (κ3) is 5.83. The Kier molecular flexibility index (Phi) is 7.82. The van der Waals surface area contributed by atoms with Gasteiger partial charge in [-0.2, -0.15) is 0 Å². The van der Waals surface area contributed by atoms with E-state index < -0.39 is 0 Å². The van der Waals surface area contributed by atoms with Gasteiger partial charge in [0.1, 0.15) is 0 Å². The van der Waals surface area contributed by atoms with Crippen molar-refractivity contribution in [2.24, 2.45) is 5.73 Å². The minimum atomic E-state index is 0.698. The van der Waals surface area contributed by atoms with Crippen LogP contribution in [0.25, 0.3) is 0 Å². The highest BCUT2D eigenvalue weighted by Crippen LogP contribution is 2.30. The summed E-state index contributed by atoms with van der Waals surface area (Å²) in [6, 6.07) is 5.98. The van der Waals surface area contributed by atoms with Crippen molar-refractivity contribution in [2.45, 2.75) is 33.1 Å². The molecule has 1 aromatic carbocycles. The molecule has 4 nitrogen and oxygen atoms in total. The zero-order chi connectivity index (χ0) is 13.9. The van der Waals surface area contributed by atoms with Crippen molar-refractivity contribution in [3.8, 4) is 11.5 Å². The van der Waals surface area contributed by atoms with Crippen LogP contribution >= 0.6 is 0 Å². The number of hydrogen-bond donors (Lipinski definition) is 2. The largest absolute Gasteiger partial charge is 0.490 e. The third-order valence-electron chi connectivity index (χ3n) is 2.58. The van der Waals surface area contributed by atoms with Gasteiger partial charge in [-0.1, -0.05) is 13.8 Å². The Labute approximate surface area is 116 Å². The summed E-state index contributed by atoms with van der Waals surface area (Å²) in [5.41, 5.74) is 6.53. The van der Waals surface area contributed by atoms with Crippen LogP contribution in [0.5, 0.6) is 11.5 Å². The lowest BCUT2D eigenvalue weighted by Crippen LogP contribution is -2.09. The van der Waals surface area contributed by atoms with E-state index in [2.05, 4.69) is 19.2 Å². The summed E-state index contributed by atoms with van der Waals surface area (Å²) >= 11 is 0. The zero-order valence-corrected chi connectivity index (χ0v) is 12.1. The Morgan fingerprint density at radius 3 is 2.37 bits per heavy atom. The lowest BCUT2D eigenvalue weighted by atomic mass is 10.2. The summed E-state index contributed by atoms with van der Waals surface area (Å²) in [4.78, 5) is 0. The second-order valence-electron chi connectivity index (χ2n) is 4.43. The number of rotatable bonds is 10. The fourth-order valence-corrected chi connectivity index (χ4v) is 1.61. The van der Waals surface area contributed by atoms with E-state index in [4.69, 9.17) is 15.2 Å². The molecule has 0 atom stereocenters. The molecule has 0 spiro atoms. The van der Waals surface area contributed by atoms with Gasteiger partial charge >= 0.3 is 0 Å². The smallest absolute Gasteiger partial charge is 0.163 e. The highest BCUT2D eigenvalue weighted by atomic mass is 16.5. The van der Waals surface area contributed by atoms with Crippen molar-refractivity contribution >= 4 is 5.69 Å². The molecule has 0 amide bonds. The predicted octanol–water partition coefficient (Wildman–Crippen LogP) is 3.02. The third-order valence-corrected chi connectivity index (χ3v) is 2.58. The molecular formula is C15H26N2O2. The summed E-state index contributed by atoms with van der Waals surface area (Å²) in [5.74, 6) is 1.63. The zero-order valence-electron chi connectivity index (χ0n) is 12.1. The Hall–Kier alpha value is -1.42. The number of nitrogens with two attached hydrogens (primary N) is 1. The molecule has 0 saturated carbocycles. The fraction of sp³-hybridized carbons (Fsp3) is 0.600. The summed E-state index contributed by atoms with van der Waals surface area (Å²) in [5, 5.41) is 3.33. The van der Waals surface area contributed by atoms with E-state index in [-0.39, 0.29) is 0 Å². The maximum absolute atomic E-state index is 5.74. The molecule has 0 aliphatic heterocycles. The highest BCUT2D eigenvalue weighted by Gasteiger charge is 2.06. The molecule has 0 heterocycles. The summed E-state index contributed by atoms with van der Waals surface area (Å²) < 4.78 is 11.4. The second-order valence-corrected chi connectivity index (χ2v) is 4.43. The number of nitrogens with one attached hydrogen (secondary N) is 1. The molecule has 0 saturated heterocycles. The van der Waals surface area contributed by atoms with Crippen LogP contribution in [0.4, 0.5) is 5.69 Å². The van der Waals surface area contributed by atoms with E-state index in [9.17, 15) is 0 Å². The molecule has 0 aliphatic carbocycles. The molecule has 1 aromatic rings. The summed E-state index contributed by atoms with van der Waals surface area (Å²) in [6.45, 7) is 7.17. The van der Waals surface area contributed by atoms with Crippen LogP contribution in [0.2, 0.25) is 0 Å². The van der Waals surface area contributed by atoms with E-state index in [1.54, 1.807) is 0 Å². The van der Waals surface area contributed by atoms with Gasteiger partial charge in [-0.05, 0) is 37.9 Å². The normalized spacial score (nSPS) is 10.3. The predicted molar refractivity (Wildman–Crippen MR) is 80.2 cm³/mol. The fourth-order valence-electron chi connectivity index (χ4n) is 1.61. The Morgan fingerprint density at radius 1 is 1.05 bits per heavy atom. The van der Waals surface area contributed by atoms with Gasteiger partial charge in [-0.25, -0.2) is 0 Å². The van der Waals surface area contributed by atoms with Gasteiger partial charge in [0.05, 0.1) is 13.2 Å². The minimum absolute atomic E-state index is 0.698. The number of anilines is 1. The molecular weight excluding hydrogens is 240 g/mol. The molecule has 0 bridgehead atoms. The van der Waals surface area contributed by atoms with Crippen LogP contribution in [0.3, 0.4) is 0 Å². The lowest BCUT2D eigenvalue weighted by molar-refractivity contribution is 0.268. The summed E-state index contributed by atoms with van der Waals surface area (Å²) in [6.07, 6.45) is 2.93. The molecule has 0 aliphatic rings. The first-order chi connectivity index (χ1) is 9.31. The first-order valence-corrected chi connectivity index (χ1v) is 7.15. The molecule has 0 aromatic heterocycles. The van der Waals surface area contributed by atoms with Crippen molar-refractivity contribution in [1.29, 1.82) is 0 Å². The maximum Gasteiger partial charge on any atom is 0.163 e. The van der Waals surface area contributed by atoms with Crippen molar-refractivity contribution in [3.63, 3.8) is 0 Å². The van der Waals surface area contributed by atoms with E-state index in [1.165, 1.54) is 0 Å². The van der Waals surface area contributed by atoms with Crippen LogP contribution in [-0.4, -0.2) is 26.3 Å². The van der Waals surface area contributed by atoms with Crippen LogP contribution in [0.15, 0.2) is 18.2 Å². The van der Waals surface area contributed by atoms with Crippen LogP contribution < -0.4 is 20.5 Å². The topological polar surface area (TPSA) is 56.5 Å². The van der Waals surface area contributed by atoms with Gasteiger partial charge < -0.3 is 20.5 Å². The SMILES string of the molecule is CCCOc1ccc(NCCCN)cc1OCCC. The van der Waals surface area contributed by atoms with E-state index in [0.29, 0.717) is 19.8 Å². The first kappa shape index (κ1) is 15.6. The number of hydrogen-bond acceptors (Lipinski definition) is 4. The van der Waals surface area contributed by atoms with Crippen molar-refractivity contribution in [2.75, 3.05) is 31.6 Å². The molecule has 0 fully saturated rings. The van der Waals surface area contributed by atoms with Gasteiger partial charge in [0.25, 0.3) is 0 Å². The van der Waals surface area contributed by atoms with E-state index in [0.717, 1.165) is 43.0 Å². The van der Waals surface area contributed by atoms with Gasteiger partial charge in [-0.3, -0.25) is 0 Å². The van der Waals surface area contributed by atoms with Gasteiger partial charge in [-0.15, -0.1) is 0 Å². The Balaban J connectivity index is 2.69. The van der Waals surface area contributed by atoms with Crippen molar-refractivity contribution < 1.29 is 9.47 Å². The lowest BCUT2D eigenvalue weighted by Gasteiger charge is -2.14. The van der Waals surface area contributed by atoms with Gasteiger partial charge in [0.2, 0.25) is 0 Å². The first-order valence-electron chi connectivity index (χ1n) is 7.15. The highest BCUT2D eigenvalue weighted by molar-refractivity contribution is 5.54. The van der Waals surface area contributed by atoms with Gasteiger partial charge in [0, 0.05) is 18.3 Å². The Bertz CT molecular complexity index is 356.